The van der Waals surface area contributed by atoms with E-state index in [9.17, 15) is 4.79 Å². The van der Waals surface area contributed by atoms with Gasteiger partial charge in [-0.25, -0.2) is 4.85 Å². The summed E-state index contributed by atoms with van der Waals surface area (Å²) in [6.07, 6.45) is 4.39. The Morgan fingerprint density at radius 2 is 1.33 bits per heavy atom. The Labute approximate surface area is 262 Å². The summed E-state index contributed by atoms with van der Waals surface area (Å²) in [5, 5.41) is 2.18. The van der Waals surface area contributed by atoms with Crippen molar-refractivity contribution in [3.05, 3.63) is 184 Å². The Hall–Kier alpha value is -5.72. The first kappa shape index (κ1) is 26.9. The van der Waals surface area contributed by atoms with E-state index in [1.807, 2.05) is 84.9 Å². The monoisotopic (exact) mass is 579 g/mol. The number of nitrogens with zero attached hydrogens (tertiary/aromatic N) is 1. The smallest absolute Gasteiger partial charge is 0.193 e. The van der Waals surface area contributed by atoms with Crippen molar-refractivity contribution in [3.63, 3.8) is 0 Å². The lowest BCUT2D eigenvalue weighted by Crippen LogP contribution is -2.35. The van der Waals surface area contributed by atoms with Gasteiger partial charge < -0.3 is 4.74 Å². The number of ether oxygens (including phenoxy) is 1. The molecular formula is C42H29NO2. The first-order chi connectivity index (χ1) is 21.9. The minimum atomic E-state index is -0.910. The molecule has 1 aliphatic heterocycles. The van der Waals surface area contributed by atoms with Crippen molar-refractivity contribution in [1.29, 1.82) is 0 Å². The molecule has 0 saturated carbocycles. The van der Waals surface area contributed by atoms with E-state index in [1.54, 1.807) is 0 Å². The highest BCUT2D eigenvalue weighted by molar-refractivity contribution is 6.09. The van der Waals surface area contributed by atoms with Gasteiger partial charge in [0.15, 0.2) is 17.1 Å². The van der Waals surface area contributed by atoms with Crippen LogP contribution in [0.3, 0.4) is 0 Å². The third-order valence-electron chi connectivity index (χ3n) is 9.47. The molecular weight excluding hydrogens is 550 g/mol. The molecule has 0 bridgehead atoms. The summed E-state index contributed by atoms with van der Waals surface area (Å²) in [5.41, 5.74) is 8.48. The first-order valence-corrected chi connectivity index (χ1v) is 15.2. The van der Waals surface area contributed by atoms with E-state index in [1.165, 1.54) is 16.7 Å². The molecule has 0 radical (unpaired) electrons. The summed E-state index contributed by atoms with van der Waals surface area (Å²) < 4.78 is 7.33. The standard InChI is InChI=1S/C42H29NO2/c1-41(2)36-26-31(43-3)22-23-34(36)37-32-16-10-11-17-33(32)40-35(38(37)41)24-25-42(45-40,29-14-8-5-9-15-29)30-20-18-28(19-21-30)39(44)27-12-6-4-7-13-27/h4-26H,1-2H3. The molecule has 0 aromatic heterocycles. The summed E-state index contributed by atoms with van der Waals surface area (Å²) in [6, 6.07) is 42.0. The fraction of sp³-hybridized carbons (Fsp3) is 0.0952. The number of carbonyl (C=O) groups is 1. The van der Waals surface area contributed by atoms with E-state index in [0.717, 1.165) is 38.8 Å². The van der Waals surface area contributed by atoms with E-state index >= 15 is 0 Å². The summed E-state index contributed by atoms with van der Waals surface area (Å²) in [7, 11) is 0. The van der Waals surface area contributed by atoms with Crippen LogP contribution in [-0.4, -0.2) is 5.78 Å². The van der Waals surface area contributed by atoms with Crippen molar-refractivity contribution >= 4 is 28.3 Å². The quantitative estimate of drug-likeness (QED) is 0.154. The van der Waals surface area contributed by atoms with Crippen LogP contribution in [-0.2, 0) is 11.0 Å². The van der Waals surface area contributed by atoms with Gasteiger partial charge in [-0.1, -0.05) is 147 Å². The molecule has 8 rings (SSSR count). The maximum atomic E-state index is 13.2. The molecule has 3 nitrogen and oxygen atoms in total. The Morgan fingerprint density at radius 1 is 0.711 bits per heavy atom. The molecule has 0 N–H and O–H groups in total. The van der Waals surface area contributed by atoms with Crippen molar-refractivity contribution in [2.24, 2.45) is 0 Å². The lowest BCUT2D eigenvalue weighted by Gasteiger charge is -2.38. The van der Waals surface area contributed by atoms with Crippen LogP contribution in [0.15, 0.2) is 133 Å². The van der Waals surface area contributed by atoms with Gasteiger partial charge in [-0.2, -0.15) is 0 Å². The number of hydrogen-bond donors (Lipinski definition) is 0. The molecule has 6 aromatic rings. The van der Waals surface area contributed by atoms with E-state index in [-0.39, 0.29) is 11.2 Å². The lowest BCUT2D eigenvalue weighted by atomic mass is 9.76. The van der Waals surface area contributed by atoms with Gasteiger partial charge in [-0.05, 0) is 33.7 Å². The maximum Gasteiger partial charge on any atom is 0.193 e. The highest BCUT2D eigenvalue weighted by Crippen LogP contribution is 2.58. The molecule has 1 unspecified atom stereocenters. The zero-order valence-electron chi connectivity index (χ0n) is 25.0. The Balaban J connectivity index is 1.34. The third kappa shape index (κ3) is 3.93. The highest BCUT2D eigenvalue weighted by atomic mass is 16.5. The van der Waals surface area contributed by atoms with Gasteiger partial charge >= 0.3 is 0 Å². The maximum absolute atomic E-state index is 13.2. The minimum absolute atomic E-state index is 0.00825. The summed E-state index contributed by atoms with van der Waals surface area (Å²) >= 11 is 0. The predicted molar refractivity (Wildman–Crippen MR) is 181 cm³/mol. The second-order valence-corrected chi connectivity index (χ2v) is 12.3. The molecule has 0 saturated heterocycles. The van der Waals surface area contributed by atoms with Gasteiger partial charge in [-0.15, -0.1) is 0 Å². The van der Waals surface area contributed by atoms with Crippen molar-refractivity contribution in [3.8, 4) is 16.9 Å². The lowest BCUT2D eigenvalue weighted by molar-refractivity contribution is 0.103. The molecule has 2 aliphatic rings. The summed E-state index contributed by atoms with van der Waals surface area (Å²) in [5.74, 6) is 0.831. The summed E-state index contributed by atoms with van der Waals surface area (Å²) in [6.45, 7) is 12.1. The fourth-order valence-corrected chi connectivity index (χ4v) is 7.28. The predicted octanol–water partition coefficient (Wildman–Crippen LogP) is 10.3. The van der Waals surface area contributed by atoms with Crippen LogP contribution < -0.4 is 4.74 Å². The number of fused-ring (bicyclic) bond motifs is 8. The SMILES string of the molecule is [C-]#[N+]c1ccc2c(c1)C(C)(C)c1c3c(c4ccccc4c1-2)OC(c1ccccc1)(c1ccc(C(=O)c2ccccc2)cc1)C=C3. The average Bonchev–Trinajstić information content (AvgIpc) is 3.34. The van der Waals surface area contributed by atoms with Gasteiger partial charge in [0.25, 0.3) is 0 Å². The molecule has 1 aliphatic carbocycles. The Kier molecular flexibility index (Phi) is 5.92. The molecule has 0 spiro atoms. The number of carbonyl (C=O) groups excluding carboxylic acids is 1. The molecule has 45 heavy (non-hydrogen) atoms. The zero-order valence-corrected chi connectivity index (χ0v) is 25.0. The molecule has 3 heteroatoms. The van der Waals surface area contributed by atoms with Crippen molar-refractivity contribution in [2.75, 3.05) is 0 Å². The largest absolute Gasteiger partial charge is 0.472 e. The Morgan fingerprint density at radius 3 is 2.04 bits per heavy atom. The molecule has 6 aromatic carbocycles. The third-order valence-corrected chi connectivity index (χ3v) is 9.47. The van der Waals surface area contributed by atoms with Gasteiger partial charge in [0, 0.05) is 38.6 Å². The van der Waals surface area contributed by atoms with E-state index in [2.05, 4.69) is 73.3 Å². The van der Waals surface area contributed by atoms with Crippen LogP contribution >= 0.6 is 0 Å². The minimum Gasteiger partial charge on any atom is -0.472 e. The average molecular weight is 580 g/mol. The van der Waals surface area contributed by atoms with Crippen LogP contribution in [0.1, 0.15) is 57.6 Å². The Bertz CT molecular complexity index is 2220. The van der Waals surface area contributed by atoms with Crippen LogP contribution in [0.5, 0.6) is 5.75 Å². The number of rotatable bonds is 4. The molecule has 0 amide bonds. The van der Waals surface area contributed by atoms with E-state index in [4.69, 9.17) is 11.3 Å². The fourth-order valence-electron chi connectivity index (χ4n) is 7.28. The normalized spacial score (nSPS) is 17.1. The van der Waals surface area contributed by atoms with Gasteiger partial charge in [0.1, 0.15) is 5.75 Å². The second kappa shape index (κ2) is 9.91. The highest BCUT2D eigenvalue weighted by Gasteiger charge is 2.44. The number of benzene rings is 6. The molecule has 0 fully saturated rings. The molecule has 1 atom stereocenters. The van der Waals surface area contributed by atoms with Crippen molar-refractivity contribution < 1.29 is 9.53 Å². The van der Waals surface area contributed by atoms with Crippen LogP contribution in [0.2, 0.25) is 0 Å². The zero-order chi connectivity index (χ0) is 30.8. The molecule has 1 heterocycles. The first-order valence-electron chi connectivity index (χ1n) is 15.2. The van der Waals surface area contributed by atoms with Crippen LogP contribution in [0.4, 0.5) is 5.69 Å². The number of ketones is 1. The number of hydrogen-bond acceptors (Lipinski definition) is 2. The van der Waals surface area contributed by atoms with Crippen molar-refractivity contribution in [1.82, 2.24) is 0 Å². The summed E-state index contributed by atoms with van der Waals surface area (Å²) in [4.78, 5) is 17.0. The van der Waals surface area contributed by atoms with Crippen LogP contribution in [0, 0.1) is 6.57 Å². The van der Waals surface area contributed by atoms with E-state index < -0.39 is 5.60 Å². The van der Waals surface area contributed by atoms with Crippen molar-refractivity contribution in [2.45, 2.75) is 24.9 Å². The molecule has 214 valence electrons. The van der Waals surface area contributed by atoms with E-state index in [0.29, 0.717) is 16.8 Å². The van der Waals surface area contributed by atoms with Crippen LogP contribution in [0.25, 0.3) is 32.8 Å². The second-order valence-electron chi connectivity index (χ2n) is 12.3. The van der Waals surface area contributed by atoms with Gasteiger partial charge in [0.05, 0.1) is 6.57 Å². The topological polar surface area (TPSA) is 30.7 Å². The van der Waals surface area contributed by atoms with Gasteiger partial charge in [-0.3, -0.25) is 4.79 Å². The van der Waals surface area contributed by atoms with Gasteiger partial charge in [0.2, 0.25) is 0 Å².